The molecule has 1 heterocycles. The van der Waals surface area contributed by atoms with E-state index in [1.807, 2.05) is 66.7 Å². The predicted octanol–water partition coefficient (Wildman–Crippen LogP) is 7.93. The lowest BCUT2D eigenvalue weighted by atomic mass is 9.94. The minimum Gasteiger partial charge on any atom is -0.333 e. The third-order valence-electron chi connectivity index (χ3n) is 8.43. The summed E-state index contributed by atoms with van der Waals surface area (Å²) in [6.07, 6.45) is 2.42. The molecule has 0 saturated carbocycles. The van der Waals surface area contributed by atoms with Crippen molar-refractivity contribution in [3.8, 4) is 11.1 Å². The van der Waals surface area contributed by atoms with Crippen molar-refractivity contribution < 1.29 is 9.59 Å². The van der Waals surface area contributed by atoms with Gasteiger partial charge in [-0.2, -0.15) is 0 Å². The van der Waals surface area contributed by atoms with Crippen LogP contribution in [0.25, 0.3) is 11.1 Å². The molecule has 9 heteroatoms. The fourth-order valence-corrected chi connectivity index (χ4v) is 6.24. The fraction of sp³-hybridized carbons (Fsp3) is 0.297. The Morgan fingerprint density at radius 1 is 0.891 bits per heavy atom. The van der Waals surface area contributed by atoms with Gasteiger partial charge in [-0.3, -0.25) is 14.5 Å². The van der Waals surface area contributed by atoms with Gasteiger partial charge < -0.3 is 16.0 Å². The summed E-state index contributed by atoms with van der Waals surface area (Å²) in [5.74, 6) is 0.00299. The average molecular weight is 682 g/mol. The van der Waals surface area contributed by atoms with Crippen LogP contribution in [0.5, 0.6) is 0 Å². The highest BCUT2D eigenvalue weighted by atomic mass is 35.5. The summed E-state index contributed by atoms with van der Waals surface area (Å²) in [6, 6.07) is 34.2. The first-order valence-electron chi connectivity index (χ1n) is 15.4. The molecule has 6 nitrogen and oxygen atoms in total. The number of piperidine rings is 1. The van der Waals surface area contributed by atoms with Crippen molar-refractivity contribution in [2.45, 2.75) is 51.2 Å². The van der Waals surface area contributed by atoms with Crippen LogP contribution in [0.3, 0.4) is 0 Å². The minimum atomic E-state index is -0.139. The molecular formula is C37H43Cl3N4O2. The quantitative estimate of drug-likeness (QED) is 0.169. The van der Waals surface area contributed by atoms with E-state index in [0.29, 0.717) is 18.0 Å². The lowest BCUT2D eigenvalue weighted by molar-refractivity contribution is -0.136. The van der Waals surface area contributed by atoms with Gasteiger partial charge in [0.15, 0.2) is 0 Å². The molecule has 1 aliphatic rings. The first kappa shape index (κ1) is 37.1. The molecule has 46 heavy (non-hydrogen) atoms. The van der Waals surface area contributed by atoms with Crippen LogP contribution in [0.15, 0.2) is 103 Å². The summed E-state index contributed by atoms with van der Waals surface area (Å²) >= 11 is 6.13. The van der Waals surface area contributed by atoms with E-state index in [4.69, 9.17) is 17.3 Å². The molecule has 244 valence electrons. The summed E-state index contributed by atoms with van der Waals surface area (Å²) in [7, 11) is 0. The first-order valence-corrected chi connectivity index (χ1v) is 15.8. The lowest BCUT2D eigenvalue weighted by Gasteiger charge is -2.42. The molecule has 0 bridgehead atoms. The van der Waals surface area contributed by atoms with Crippen LogP contribution in [0.2, 0.25) is 5.02 Å². The van der Waals surface area contributed by atoms with Gasteiger partial charge in [0, 0.05) is 54.9 Å². The smallest absolute Gasteiger partial charge is 0.227 e. The van der Waals surface area contributed by atoms with E-state index in [-0.39, 0.29) is 55.1 Å². The highest BCUT2D eigenvalue weighted by Gasteiger charge is 2.32. The van der Waals surface area contributed by atoms with Gasteiger partial charge in [0.25, 0.3) is 0 Å². The Labute approximate surface area is 290 Å². The Morgan fingerprint density at radius 2 is 1.57 bits per heavy atom. The molecule has 1 unspecified atom stereocenters. The zero-order chi connectivity index (χ0) is 30.9. The maximum absolute atomic E-state index is 14.1. The van der Waals surface area contributed by atoms with Gasteiger partial charge in [-0.05, 0) is 66.3 Å². The Balaban J connectivity index is 0.00000288. The van der Waals surface area contributed by atoms with Crippen LogP contribution in [0.1, 0.15) is 48.9 Å². The number of carbonyl (C=O) groups is 2. The van der Waals surface area contributed by atoms with Crippen molar-refractivity contribution in [3.05, 3.63) is 125 Å². The standard InChI is InChI=1S/C37H41ClN4O2.2ClH/c1-27(30-10-7-11-31(25-30)34-12-5-6-13-35(34)40-36(43)18-21-39)42(37(44)24-28-14-16-32(38)17-15-28)33-19-22-41(23-20-33)26-29-8-3-2-4-9-29;;/h2-17,25,27,33H,18-24,26,39H2,1H3,(H,40,43);2*1H. The number of likely N-dealkylation sites (tertiary alicyclic amines) is 1. The zero-order valence-electron chi connectivity index (χ0n) is 26.1. The molecule has 1 fully saturated rings. The second kappa shape index (κ2) is 18.1. The summed E-state index contributed by atoms with van der Waals surface area (Å²) in [4.78, 5) is 31.1. The maximum Gasteiger partial charge on any atom is 0.227 e. The highest BCUT2D eigenvalue weighted by Crippen LogP contribution is 2.34. The van der Waals surface area contributed by atoms with E-state index in [0.717, 1.165) is 60.4 Å². The number of nitrogens with one attached hydrogen (secondary N) is 1. The van der Waals surface area contributed by atoms with E-state index >= 15 is 0 Å². The van der Waals surface area contributed by atoms with Crippen molar-refractivity contribution in [1.82, 2.24) is 9.80 Å². The van der Waals surface area contributed by atoms with Gasteiger partial charge in [0.05, 0.1) is 12.5 Å². The van der Waals surface area contributed by atoms with E-state index in [9.17, 15) is 9.59 Å². The van der Waals surface area contributed by atoms with Gasteiger partial charge in [0.2, 0.25) is 11.8 Å². The summed E-state index contributed by atoms with van der Waals surface area (Å²) in [5, 5.41) is 3.67. The largest absolute Gasteiger partial charge is 0.333 e. The van der Waals surface area contributed by atoms with Gasteiger partial charge in [-0.15, -0.1) is 24.8 Å². The van der Waals surface area contributed by atoms with Crippen LogP contribution in [0, 0.1) is 0 Å². The van der Waals surface area contributed by atoms with Crippen molar-refractivity contribution in [2.75, 3.05) is 25.0 Å². The van der Waals surface area contributed by atoms with Gasteiger partial charge >= 0.3 is 0 Å². The molecule has 5 rings (SSSR count). The van der Waals surface area contributed by atoms with Crippen LogP contribution >= 0.6 is 36.4 Å². The molecular weight excluding hydrogens is 639 g/mol. The van der Waals surface area contributed by atoms with Crippen LogP contribution in [-0.2, 0) is 22.6 Å². The van der Waals surface area contributed by atoms with Crippen molar-refractivity contribution in [2.24, 2.45) is 5.73 Å². The summed E-state index contributed by atoms with van der Waals surface area (Å²) in [6.45, 7) is 5.22. The number of rotatable bonds is 11. The molecule has 1 saturated heterocycles. The van der Waals surface area contributed by atoms with Crippen molar-refractivity contribution in [1.29, 1.82) is 0 Å². The molecule has 0 spiro atoms. The average Bonchev–Trinajstić information content (AvgIpc) is 3.04. The third kappa shape index (κ3) is 9.81. The molecule has 1 aliphatic heterocycles. The number of hydrogen-bond donors (Lipinski definition) is 2. The fourth-order valence-electron chi connectivity index (χ4n) is 6.12. The second-order valence-corrected chi connectivity index (χ2v) is 12.0. The number of nitrogens with two attached hydrogens (primary N) is 1. The molecule has 4 aromatic carbocycles. The second-order valence-electron chi connectivity index (χ2n) is 11.5. The maximum atomic E-state index is 14.1. The third-order valence-corrected chi connectivity index (χ3v) is 8.68. The van der Waals surface area contributed by atoms with Gasteiger partial charge in [0.1, 0.15) is 0 Å². The predicted molar refractivity (Wildman–Crippen MR) is 194 cm³/mol. The van der Waals surface area contributed by atoms with Crippen LogP contribution in [-0.4, -0.2) is 47.3 Å². The zero-order valence-corrected chi connectivity index (χ0v) is 28.5. The van der Waals surface area contributed by atoms with E-state index in [1.165, 1.54) is 5.56 Å². The van der Waals surface area contributed by atoms with Crippen LogP contribution in [0.4, 0.5) is 5.69 Å². The molecule has 3 N–H and O–H groups in total. The SMILES string of the molecule is CC(c1cccc(-c2ccccc2NC(=O)CCN)c1)N(C(=O)Cc1ccc(Cl)cc1)C1CCN(Cc2ccccc2)CC1.Cl.Cl. The number of para-hydroxylation sites is 1. The Hall–Kier alpha value is -3.39. The highest BCUT2D eigenvalue weighted by molar-refractivity contribution is 6.30. The number of halogens is 3. The molecule has 2 amide bonds. The molecule has 1 atom stereocenters. The Kier molecular flexibility index (Phi) is 14.6. The monoisotopic (exact) mass is 680 g/mol. The Morgan fingerprint density at radius 3 is 2.26 bits per heavy atom. The van der Waals surface area contributed by atoms with Crippen molar-refractivity contribution in [3.63, 3.8) is 0 Å². The Bertz CT molecular complexity index is 1540. The first-order chi connectivity index (χ1) is 21.4. The molecule has 0 radical (unpaired) electrons. The number of nitrogens with zero attached hydrogens (tertiary/aromatic N) is 2. The topological polar surface area (TPSA) is 78.7 Å². The van der Waals surface area contributed by atoms with E-state index in [2.05, 4.69) is 58.4 Å². The lowest BCUT2D eigenvalue weighted by Crippen LogP contribution is -2.48. The number of carbonyl (C=O) groups excluding carboxylic acids is 2. The number of amides is 2. The molecule has 0 aliphatic carbocycles. The van der Waals surface area contributed by atoms with E-state index < -0.39 is 0 Å². The minimum absolute atomic E-state index is 0. The normalized spacial score (nSPS) is 14.0. The summed E-state index contributed by atoms with van der Waals surface area (Å²) in [5.41, 5.74) is 11.6. The van der Waals surface area contributed by atoms with E-state index in [1.54, 1.807) is 0 Å². The summed E-state index contributed by atoms with van der Waals surface area (Å²) < 4.78 is 0. The number of hydrogen-bond acceptors (Lipinski definition) is 4. The van der Waals surface area contributed by atoms with Gasteiger partial charge in [-0.1, -0.05) is 90.5 Å². The molecule has 4 aromatic rings. The number of benzene rings is 4. The number of anilines is 1. The van der Waals surface area contributed by atoms with Crippen molar-refractivity contribution >= 4 is 53.9 Å². The molecule has 0 aromatic heterocycles. The van der Waals surface area contributed by atoms with Crippen LogP contribution < -0.4 is 11.1 Å². The van der Waals surface area contributed by atoms with Gasteiger partial charge in [-0.25, -0.2) is 0 Å².